The molecule has 2 fully saturated rings. The zero-order chi connectivity index (χ0) is 21.1. The number of nitrogens with one attached hydrogen (secondary N) is 2. The van der Waals surface area contributed by atoms with Crippen LogP contribution in [0.25, 0.3) is 0 Å². The second kappa shape index (κ2) is 14.5. The molecule has 0 unspecified atom stereocenters. The number of nitrogens with zero attached hydrogens (tertiary/aromatic N) is 3. The number of aliphatic imine (C=N–C) groups is 1. The summed E-state index contributed by atoms with van der Waals surface area (Å²) in [4.78, 5) is 21.5. The summed E-state index contributed by atoms with van der Waals surface area (Å²) >= 11 is 0. The number of amides is 1. The van der Waals surface area contributed by atoms with Crippen LogP contribution < -0.4 is 10.6 Å². The van der Waals surface area contributed by atoms with Gasteiger partial charge in [-0.05, 0) is 32.6 Å². The van der Waals surface area contributed by atoms with Crippen molar-refractivity contribution < 1.29 is 9.90 Å². The SMILES string of the molecule is CCCC(O)(CCC)CN=C(NCC)NCCN1CCN(C(=O)C2CCC2)CC1.I. The summed E-state index contributed by atoms with van der Waals surface area (Å²) in [6, 6.07) is 0. The van der Waals surface area contributed by atoms with Crippen LogP contribution >= 0.6 is 24.0 Å². The normalized spacial score (nSPS) is 18.5. The first-order valence-corrected chi connectivity index (χ1v) is 11.8. The molecule has 1 amide bonds. The lowest BCUT2D eigenvalue weighted by Crippen LogP contribution is -2.52. The average Bonchev–Trinajstić information content (AvgIpc) is 2.66. The molecule has 1 aliphatic carbocycles. The van der Waals surface area contributed by atoms with Gasteiger partial charge in [0.1, 0.15) is 0 Å². The van der Waals surface area contributed by atoms with E-state index in [1.807, 2.05) is 0 Å². The van der Waals surface area contributed by atoms with Crippen molar-refractivity contribution in [3.63, 3.8) is 0 Å². The second-order valence-electron chi connectivity index (χ2n) is 8.64. The molecule has 0 radical (unpaired) electrons. The topological polar surface area (TPSA) is 80.2 Å². The summed E-state index contributed by atoms with van der Waals surface area (Å²) in [6.07, 6.45) is 6.88. The minimum absolute atomic E-state index is 0. The maximum absolute atomic E-state index is 12.4. The van der Waals surface area contributed by atoms with E-state index in [-0.39, 0.29) is 24.0 Å². The molecule has 0 spiro atoms. The van der Waals surface area contributed by atoms with E-state index in [9.17, 15) is 9.90 Å². The molecule has 2 aliphatic rings. The second-order valence-corrected chi connectivity index (χ2v) is 8.64. The highest BCUT2D eigenvalue weighted by Gasteiger charge is 2.31. The summed E-state index contributed by atoms with van der Waals surface area (Å²) in [5.74, 6) is 1.46. The zero-order valence-corrected chi connectivity index (χ0v) is 21.6. The Morgan fingerprint density at radius 1 is 1.07 bits per heavy atom. The minimum Gasteiger partial charge on any atom is -0.388 e. The Labute approximate surface area is 200 Å². The Bertz CT molecular complexity index is 514. The van der Waals surface area contributed by atoms with Gasteiger partial charge in [0, 0.05) is 51.7 Å². The van der Waals surface area contributed by atoms with Crippen molar-refractivity contribution in [1.82, 2.24) is 20.4 Å². The lowest BCUT2D eigenvalue weighted by molar-refractivity contribution is -0.139. The van der Waals surface area contributed by atoms with E-state index in [4.69, 9.17) is 0 Å². The molecule has 1 heterocycles. The molecule has 0 aromatic carbocycles. The van der Waals surface area contributed by atoms with Gasteiger partial charge in [-0.25, -0.2) is 0 Å². The van der Waals surface area contributed by atoms with Gasteiger partial charge in [0.15, 0.2) is 5.96 Å². The Kier molecular flexibility index (Phi) is 13.2. The molecule has 0 atom stereocenters. The fraction of sp³-hybridized carbons (Fsp3) is 0.909. The number of aliphatic hydroxyl groups is 1. The maximum Gasteiger partial charge on any atom is 0.225 e. The lowest BCUT2D eigenvalue weighted by atomic mass is 9.84. The minimum atomic E-state index is -0.699. The molecule has 7 nitrogen and oxygen atoms in total. The van der Waals surface area contributed by atoms with Crippen LogP contribution in [0.15, 0.2) is 4.99 Å². The van der Waals surface area contributed by atoms with Crippen LogP contribution in [0.5, 0.6) is 0 Å². The molecule has 0 bridgehead atoms. The van der Waals surface area contributed by atoms with Gasteiger partial charge in [0.05, 0.1) is 12.1 Å². The number of carbonyl (C=O) groups excluding carboxylic acids is 1. The van der Waals surface area contributed by atoms with Gasteiger partial charge in [0.2, 0.25) is 5.91 Å². The molecular weight excluding hydrogens is 493 g/mol. The van der Waals surface area contributed by atoms with Crippen molar-refractivity contribution in [2.75, 3.05) is 52.4 Å². The van der Waals surface area contributed by atoms with Gasteiger partial charge in [-0.2, -0.15) is 0 Å². The molecule has 1 aliphatic heterocycles. The summed E-state index contributed by atoms with van der Waals surface area (Å²) in [5, 5.41) is 17.5. The van der Waals surface area contributed by atoms with Crippen molar-refractivity contribution in [2.24, 2.45) is 10.9 Å². The molecule has 8 heteroatoms. The van der Waals surface area contributed by atoms with Gasteiger partial charge in [-0.15, -0.1) is 24.0 Å². The van der Waals surface area contributed by atoms with E-state index in [1.54, 1.807) is 0 Å². The first-order chi connectivity index (χ1) is 14.0. The zero-order valence-electron chi connectivity index (χ0n) is 19.3. The highest BCUT2D eigenvalue weighted by atomic mass is 127. The van der Waals surface area contributed by atoms with Crippen LogP contribution in [-0.2, 0) is 4.79 Å². The Balaban J connectivity index is 0.00000450. The van der Waals surface area contributed by atoms with Crippen LogP contribution in [0.3, 0.4) is 0 Å². The molecular formula is C22H44IN5O2. The molecule has 176 valence electrons. The van der Waals surface area contributed by atoms with Gasteiger partial charge >= 0.3 is 0 Å². The molecule has 1 saturated heterocycles. The highest BCUT2D eigenvalue weighted by molar-refractivity contribution is 14.0. The van der Waals surface area contributed by atoms with Gasteiger partial charge in [-0.3, -0.25) is 14.7 Å². The maximum atomic E-state index is 12.4. The van der Waals surface area contributed by atoms with Gasteiger partial charge in [0.25, 0.3) is 0 Å². The largest absolute Gasteiger partial charge is 0.388 e. The van der Waals surface area contributed by atoms with Crippen LogP contribution in [0.4, 0.5) is 0 Å². The Morgan fingerprint density at radius 2 is 1.70 bits per heavy atom. The van der Waals surface area contributed by atoms with Crippen molar-refractivity contribution in [3.8, 4) is 0 Å². The van der Waals surface area contributed by atoms with Gasteiger partial charge < -0.3 is 20.6 Å². The average molecular weight is 538 g/mol. The van der Waals surface area contributed by atoms with E-state index < -0.39 is 5.60 Å². The third-order valence-electron chi connectivity index (χ3n) is 6.17. The Morgan fingerprint density at radius 3 is 2.20 bits per heavy atom. The fourth-order valence-corrected chi connectivity index (χ4v) is 4.22. The van der Waals surface area contributed by atoms with Crippen molar-refractivity contribution in [3.05, 3.63) is 0 Å². The predicted molar refractivity (Wildman–Crippen MR) is 135 cm³/mol. The molecule has 1 saturated carbocycles. The molecule has 0 aromatic rings. The molecule has 30 heavy (non-hydrogen) atoms. The van der Waals surface area contributed by atoms with E-state index in [1.165, 1.54) is 6.42 Å². The molecule has 0 aromatic heterocycles. The summed E-state index contributed by atoms with van der Waals surface area (Å²) < 4.78 is 0. The third kappa shape index (κ3) is 8.86. The van der Waals surface area contributed by atoms with E-state index in [0.29, 0.717) is 18.4 Å². The van der Waals surface area contributed by atoms with E-state index in [0.717, 1.165) is 90.3 Å². The lowest BCUT2D eigenvalue weighted by Gasteiger charge is -2.38. The number of hydrogen-bond donors (Lipinski definition) is 3. The smallest absolute Gasteiger partial charge is 0.225 e. The van der Waals surface area contributed by atoms with Crippen molar-refractivity contribution in [1.29, 1.82) is 0 Å². The van der Waals surface area contributed by atoms with Crippen LogP contribution in [0.1, 0.15) is 65.7 Å². The number of halogens is 1. The number of carbonyl (C=O) groups is 1. The number of piperazine rings is 1. The first kappa shape index (κ1) is 27.4. The van der Waals surface area contributed by atoms with Gasteiger partial charge in [-0.1, -0.05) is 33.1 Å². The molecule has 2 rings (SSSR count). The Hall–Kier alpha value is -0.610. The van der Waals surface area contributed by atoms with E-state index in [2.05, 4.69) is 46.2 Å². The number of hydrogen-bond acceptors (Lipinski definition) is 4. The predicted octanol–water partition coefficient (Wildman–Crippen LogP) is 2.44. The van der Waals surface area contributed by atoms with E-state index >= 15 is 0 Å². The monoisotopic (exact) mass is 537 g/mol. The summed E-state index contributed by atoms with van der Waals surface area (Å²) in [6.45, 7) is 12.8. The van der Waals surface area contributed by atoms with Crippen molar-refractivity contribution in [2.45, 2.75) is 71.3 Å². The summed E-state index contributed by atoms with van der Waals surface area (Å²) in [5.41, 5.74) is -0.699. The third-order valence-corrected chi connectivity index (χ3v) is 6.17. The fourth-order valence-electron chi connectivity index (χ4n) is 4.22. The number of guanidine groups is 1. The molecule has 3 N–H and O–H groups in total. The van der Waals surface area contributed by atoms with Crippen LogP contribution in [0.2, 0.25) is 0 Å². The quantitative estimate of drug-likeness (QED) is 0.214. The van der Waals surface area contributed by atoms with Crippen LogP contribution in [0, 0.1) is 5.92 Å². The van der Waals surface area contributed by atoms with Crippen molar-refractivity contribution >= 4 is 35.8 Å². The first-order valence-electron chi connectivity index (χ1n) is 11.8. The standard InChI is InChI=1S/C22H43N5O2.HI/c1-4-10-22(29,11-5-2)18-25-21(23-6-3)24-12-13-26-14-16-27(17-15-26)20(28)19-8-7-9-19;/h19,29H,4-18H2,1-3H3,(H2,23,24,25);1H. The summed E-state index contributed by atoms with van der Waals surface area (Å²) in [7, 11) is 0. The van der Waals surface area contributed by atoms with Crippen LogP contribution in [-0.4, -0.2) is 84.7 Å². The highest BCUT2D eigenvalue weighted by Crippen LogP contribution is 2.28. The number of rotatable bonds is 11.